The topological polar surface area (TPSA) is 66.1 Å². The molecule has 0 saturated heterocycles. The van der Waals surface area contributed by atoms with Crippen molar-refractivity contribution in [3.8, 4) is 0 Å². The zero-order valence-corrected chi connectivity index (χ0v) is 17.9. The van der Waals surface area contributed by atoms with Crippen molar-refractivity contribution in [1.82, 2.24) is 4.98 Å². The average Bonchev–Trinajstić information content (AvgIpc) is 3.08. The van der Waals surface area contributed by atoms with Gasteiger partial charge in [-0.25, -0.2) is 4.98 Å². The Bertz CT molecular complexity index is 942. The quantitative estimate of drug-likeness (QED) is 0.362. The molecule has 3 rings (SSSR count). The van der Waals surface area contributed by atoms with E-state index in [9.17, 15) is 4.79 Å². The molecule has 1 aromatic heterocycles. The van der Waals surface area contributed by atoms with E-state index in [0.29, 0.717) is 10.2 Å². The van der Waals surface area contributed by atoms with Crippen LogP contribution in [-0.2, 0) is 4.79 Å². The van der Waals surface area contributed by atoms with Gasteiger partial charge in [-0.3, -0.25) is 4.79 Å². The molecule has 0 bridgehead atoms. The largest absolute Gasteiger partial charge is 0.332 e. The minimum atomic E-state index is -0.233. The van der Waals surface area contributed by atoms with Gasteiger partial charge in [0.1, 0.15) is 0 Å². The number of hydrogen-bond donors (Lipinski definition) is 3. The molecule has 0 fully saturated rings. The van der Waals surface area contributed by atoms with Crippen molar-refractivity contribution in [1.29, 1.82) is 0 Å². The van der Waals surface area contributed by atoms with Gasteiger partial charge in [-0.2, -0.15) is 0 Å². The second kappa shape index (κ2) is 9.68. The molecule has 0 radical (unpaired) electrons. The molecule has 3 N–H and O–H groups in total. The molecular formula is C20H20N4OS3. The highest BCUT2D eigenvalue weighted by atomic mass is 32.2. The number of anilines is 3. The lowest BCUT2D eigenvalue weighted by molar-refractivity contribution is -0.115. The number of thioether (sulfide) groups is 1. The van der Waals surface area contributed by atoms with E-state index in [1.165, 1.54) is 23.1 Å². The summed E-state index contributed by atoms with van der Waals surface area (Å²) in [6, 6.07) is 17.6. The van der Waals surface area contributed by atoms with Crippen molar-refractivity contribution in [2.45, 2.75) is 24.0 Å². The number of para-hydroxylation sites is 1. The molecule has 2 aromatic carbocycles. The van der Waals surface area contributed by atoms with Crippen LogP contribution in [0.15, 0.2) is 64.9 Å². The molecular weight excluding hydrogens is 408 g/mol. The highest BCUT2D eigenvalue weighted by Gasteiger charge is 2.16. The third-order valence-electron chi connectivity index (χ3n) is 3.68. The number of thiocarbonyl (C=S) groups is 1. The lowest BCUT2D eigenvalue weighted by atomic mass is 10.3. The standard InChI is InChI=1S/C20H20N4OS3/c1-13-12-27-20(21-13)24-18(25)14(2)28-17-10-8-16(9-11-17)23-19(26)22-15-6-4-3-5-7-15/h3-12,14H,1-2H3,(H,21,24,25)(H2,22,23,26). The minimum absolute atomic E-state index is 0.0604. The highest BCUT2D eigenvalue weighted by Crippen LogP contribution is 2.26. The van der Waals surface area contributed by atoms with Gasteiger partial charge in [0.2, 0.25) is 5.91 Å². The maximum absolute atomic E-state index is 12.3. The number of nitrogens with zero attached hydrogens (tertiary/aromatic N) is 1. The third-order valence-corrected chi connectivity index (χ3v) is 5.87. The van der Waals surface area contributed by atoms with Gasteiger partial charge in [0.05, 0.1) is 10.9 Å². The predicted molar refractivity (Wildman–Crippen MR) is 124 cm³/mol. The second-order valence-corrected chi connectivity index (χ2v) is 8.69. The number of aryl methyl sites for hydroxylation is 1. The maximum atomic E-state index is 12.3. The fourth-order valence-electron chi connectivity index (χ4n) is 2.31. The second-order valence-electron chi connectivity index (χ2n) is 6.01. The van der Waals surface area contributed by atoms with E-state index in [0.717, 1.165) is 22.0 Å². The Morgan fingerprint density at radius 1 is 1.04 bits per heavy atom. The van der Waals surface area contributed by atoms with Crippen molar-refractivity contribution in [3.05, 3.63) is 65.7 Å². The first-order valence-electron chi connectivity index (χ1n) is 8.62. The van der Waals surface area contributed by atoms with Crippen LogP contribution in [0.1, 0.15) is 12.6 Å². The first-order valence-corrected chi connectivity index (χ1v) is 10.8. The summed E-state index contributed by atoms with van der Waals surface area (Å²) < 4.78 is 0. The van der Waals surface area contributed by atoms with E-state index in [4.69, 9.17) is 12.2 Å². The number of rotatable bonds is 6. The Morgan fingerprint density at radius 2 is 1.68 bits per heavy atom. The van der Waals surface area contributed by atoms with E-state index in [2.05, 4.69) is 20.9 Å². The summed E-state index contributed by atoms with van der Waals surface area (Å²) in [5, 5.41) is 12.0. The number of carbonyl (C=O) groups excluding carboxylic acids is 1. The van der Waals surface area contributed by atoms with Gasteiger partial charge in [0, 0.05) is 21.7 Å². The van der Waals surface area contributed by atoms with E-state index in [1.807, 2.05) is 73.8 Å². The van der Waals surface area contributed by atoms with Crippen LogP contribution in [0.5, 0.6) is 0 Å². The Labute approximate surface area is 178 Å². The Morgan fingerprint density at radius 3 is 2.29 bits per heavy atom. The summed E-state index contributed by atoms with van der Waals surface area (Å²) in [6.07, 6.45) is 0. The summed E-state index contributed by atoms with van der Waals surface area (Å²) in [5.41, 5.74) is 2.72. The number of aromatic nitrogens is 1. The Kier molecular flexibility index (Phi) is 7.02. The van der Waals surface area contributed by atoms with Gasteiger partial charge in [0.25, 0.3) is 0 Å². The van der Waals surface area contributed by atoms with E-state index >= 15 is 0 Å². The molecule has 28 heavy (non-hydrogen) atoms. The summed E-state index contributed by atoms with van der Waals surface area (Å²) in [4.78, 5) is 17.6. The molecule has 0 aliphatic rings. The van der Waals surface area contributed by atoms with Crippen molar-refractivity contribution in [2.75, 3.05) is 16.0 Å². The summed E-state index contributed by atoms with van der Waals surface area (Å²) in [5.74, 6) is -0.0604. The maximum Gasteiger partial charge on any atom is 0.239 e. The molecule has 0 spiro atoms. The van der Waals surface area contributed by atoms with Gasteiger partial charge in [0.15, 0.2) is 10.2 Å². The van der Waals surface area contributed by atoms with Crippen molar-refractivity contribution in [3.63, 3.8) is 0 Å². The van der Waals surface area contributed by atoms with Crippen LogP contribution in [0, 0.1) is 6.92 Å². The van der Waals surface area contributed by atoms with Crippen LogP contribution in [0.4, 0.5) is 16.5 Å². The molecule has 1 heterocycles. The van der Waals surface area contributed by atoms with Gasteiger partial charge in [-0.15, -0.1) is 23.1 Å². The van der Waals surface area contributed by atoms with Gasteiger partial charge in [-0.05, 0) is 62.5 Å². The molecule has 1 unspecified atom stereocenters. The molecule has 5 nitrogen and oxygen atoms in total. The van der Waals surface area contributed by atoms with Crippen LogP contribution < -0.4 is 16.0 Å². The van der Waals surface area contributed by atoms with Crippen LogP contribution in [0.3, 0.4) is 0 Å². The molecule has 1 amide bonds. The first-order chi connectivity index (χ1) is 13.5. The van der Waals surface area contributed by atoms with Crippen LogP contribution >= 0.6 is 35.3 Å². The molecule has 3 aromatic rings. The Hall–Kier alpha value is -2.42. The predicted octanol–water partition coefficient (Wildman–Crippen LogP) is 5.38. The van der Waals surface area contributed by atoms with Gasteiger partial charge in [-0.1, -0.05) is 18.2 Å². The van der Waals surface area contributed by atoms with Crippen LogP contribution in [0.25, 0.3) is 0 Å². The Balaban J connectivity index is 1.50. The molecule has 0 saturated carbocycles. The smallest absolute Gasteiger partial charge is 0.239 e. The molecule has 144 valence electrons. The number of amides is 1. The number of nitrogens with one attached hydrogen (secondary N) is 3. The lowest BCUT2D eigenvalue weighted by Gasteiger charge is -2.12. The lowest BCUT2D eigenvalue weighted by Crippen LogP contribution is -2.22. The minimum Gasteiger partial charge on any atom is -0.332 e. The van der Waals surface area contributed by atoms with Gasteiger partial charge < -0.3 is 16.0 Å². The van der Waals surface area contributed by atoms with Crippen molar-refractivity contribution < 1.29 is 4.79 Å². The fourth-order valence-corrected chi connectivity index (χ4v) is 4.10. The molecule has 8 heteroatoms. The zero-order chi connectivity index (χ0) is 19.9. The normalized spacial score (nSPS) is 11.5. The number of benzene rings is 2. The molecule has 0 aliphatic heterocycles. The zero-order valence-electron chi connectivity index (χ0n) is 15.4. The number of carbonyl (C=O) groups is 1. The highest BCUT2D eigenvalue weighted by molar-refractivity contribution is 8.00. The summed E-state index contributed by atoms with van der Waals surface area (Å²) in [6.45, 7) is 3.78. The summed E-state index contributed by atoms with van der Waals surface area (Å²) >= 11 is 8.26. The first kappa shape index (κ1) is 20.3. The molecule has 1 atom stereocenters. The van der Waals surface area contributed by atoms with Crippen LogP contribution in [0.2, 0.25) is 0 Å². The van der Waals surface area contributed by atoms with Crippen molar-refractivity contribution in [2.24, 2.45) is 0 Å². The number of hydrogen-bond acceptors (Lipinski definition) is 5. The average molecular weight is 429 g/mol. The number of thiazole rings is 1. The van der Waals surface area contributed by atoms with Gasteiger partial charge >= 0.3 is 0 Å². The van der Waals surface area contributed by atoms with Crippen LogP contribution in [-0.4, -0.2) is 21.3 Å². The SMILES string of the molecule is Cc1csc(NC(=O)C(C)Sc2ccc(NC(=S)Nc3ccccc3)cc2)n1. The monoisotopic (exact) mass is 428 g/mol. The fraction of sp³-hybridized carbons (Fsp3) is 0.150. The molecule has 0 aliphatic carbocycles. The van der Waals surface area contributed by atoms with E-state index in [1.54, 1.807) is 0 Å². The summed E-state index contributed by atoms with van der Waals surface area (Å²) in [7, 11) is 0. The third kappa shape index (κ3) is 6.05. The van der Waals surface area contributed by atoms with E-state index in [-0.39, 0.29) is 11.2 Å². The van der Waals surface area contributed by atoms with Crippen molar-refractivity contribution >= 4 is 62.8 Å². The van der Waals surface area contributed by atoms with E-state index < -0.39 is 0 Å².